The lowest BCUT2D eigenvalue weighted by molar-refractivity contribution is 0.259. The minimum Gasteiger partial charge on any atom is -0.357 e. The van der Waals surface area contributed by atoms with Crippen LogP contribution in [0.25, 0.3) is 0 Å². The summed E-state index contributed by atoms with van der Waals surface area (Å²) in [4.78, 5) is 12.4. The van der Waals surface area contributed by atoms with Crippen molar-refractivity contribution in [3.63, 3.8) is 0 Å². The Morgan fingerprint density at radius 2 is 1.96 bits per heavy atom. The first kappa shape index (κ1) is 21.7. The van der Waals surface area contributed by atoms with Gasteiger partial charge in [-0.1, -0.05) is 26.0 Å². The van der Waals surface area contributed by atoms with Crippen LogP contribution in [0.15, 0.2) is 17.1 Å². The molecular weight excluding hydrogens is 413 g/mol. The summed E-state index contributed by atoms with van der Waals surface area (Å²) in [5.41, 5.74) is 0. The lowest BCUT2D eigenvalue weighted by Crippen LogP contribution is -2.43. The van der Waals surface area contributed by atoms with E-state index in [-0.39, 0.29) is 24.0 Å². The maximum absolute atomic E-state index is 4.88. The first-order chi connectivity index (χ1) is 11.3. The van der Waals surface area contributed by atoms with Crippen molar-refractivity contribution in [1.29, 1.82) is 0 Å². The third-order valence-corrected chi connectivity index (χ3v) is 4.83. The van der Waals surface area contributed by atoms with Gasteiger partial charge in [0.25, 0.3) is 0 Å². The Bertz CT molecular complexity index is 391. The monoisotopic (exact) mass is 449 g/mol. The number of halogens is 1. The van der Waals surface area contributed by atoms with Crippen molar-refractivity contribution in [3.8, 4) is 0 Å². The number of nitrogens with zero attached hydrogens (tertiary/aromatic N) is 4. The van der Waals surface area contributed by atoms with Gasteiger partial charge in [0.05, 0.1) is 6.54 Å². The quantitative estimate of drug-likeness (QED) is 0.267. The summed E-state index contributed by atoms with van der Waals surface area (Å²) in [5, 5.41) is 3.48. The molecule has 2 aliphatic heterocycles. The number of hydrogen-bond donors (Lipinski definition) is 1. The average Bonchev–Trinajstić information content (AvgIpc) is 3.23. The highest BCUT2D eigenvalue weighted by Gasteiger charge is 2.29. The molecule has 1 saturated heterocycles. The molecule has 0 aromatic carbocycles. The fourth-order valence-electron chi connectivity index (χ4n) is 3.49. The Labute approximate surface area is 165 Å². The van der Waals surface area contributed by atoms with Gasteiger partial charge in [-0.15, -0.1) is 24.0 Å². The SMILES string of the molecule is CCCN(CC)CCN=C(NCC)N1CCC(N2CC=CC2)C1.I. The van der Waals surface area contributed by atoms with E-state index >= 15 is 0 Å². The van der Waals surface area contributed by atoms with Gasteiger partial charge in [-0.3, -0.25) is 9.89 Å². The van der Waals surface area contributed by atoms with Gasteiger partial charge in [0.2, 0.25) is 0 Å². The van der Waals surface area contributed by atoms with Crippen LogP contribution in [0, 0.1) is 0 Å². The van der Waals surface area contributed by atoms with Crippen molar-refractivity contribution in [3.05, 3.63) is 12.2 Å². The maximum Gasteiger partial charge on any atom is 0.194 e. The highest BCUT2D eigenvalue weighted by atomic mass is 127. The first-order valence-electron chi connectivity index (χ1n) is 9.43. The molecule has 24 heavy (non-hydrogen) atoms. The number of likely N-dealkylation sites (N-methyl/N-ethyl adjacent to an activating group) is 1. The van der Waals surface area contributed by atoms with E-state index in [2.05, 4.69) is 52.9 Å². The molecule has 2 rings (SSSR count). The highest BCUT2D eigenvalue weighted by molar-refractivity contribution is 14.0. The Kier molecular flexibility index (Phi) is 10.9. The molecule has 0 spiro atoms. The number of guanidine groups is 1. The average molecular weight is 449 g/mol. The summed E-state index contributed by atoms with van der Waals surface area (Å²) in [6.07, 6.45) is 7.04. The Morgan fingerprint density at radius 3 is 2.58 bits per heavy atom. The number of nitrogens with one attached hydrogen (secondary N) is 1. The largest absolute Gasteiger partial charge is 0.357 e. The van der Waals surface area contributed by atoms with E-state index in [1.54, 1.807) is 0 Å². The van der Waals surface area contributed by atoms with E-state index in [1.165, 1.54) is 19.4 Å². The summed E-state index contributed by atoms with van der Waals surface area (Å²) in [6.45, 7) is 16.3. The van der Waals surface area contributed by atoms with Crippen molar-refractivity contribution in [2.75, 3.05) is 58.9 Å². The third kappa shape index (κ3) is 6.52. The minimum absolute atomic E-state index is 0. The van der Waals surface area contributed by atoms with E-state index in [0.717, 1.165) is 58.3 Å². The summed E-state index contributed by atoms with van der Waals surface area (Å²) >= 11 is 0. The molecule has 0 radical (unpaired) electrons. The third-order valence-electron chi connectivity index (χ3n) is 4.83. The normalized spacial score (nSPS) is 21.6. The van der Waals surface area contributed by atoms with Crippen molar-refractivity contribution < 1.29 is 0 Å². The zero-order chi connectivity index (χ0) is 16.5. The zero-order valence-electron chi connectivity index (χ0n) is 15.7. The van der Waals surface area contributed by atoms with Crippen LogP contribution < -0.4 is 5.32 Å². The molecule has 6 heteroatoms. The predicted octanol–water partition coefficient (Wildman–Crippen LogP) is 2.25. The van der Waals surface area contributed by atoms with Gasteiger partial charge in [-0.2, -0.15) is 0 Å². The van der Waals surface area contributed by atoms with Crippen LogP contribution >= 0.6 is 24.0 Å². The van der Waals surface area contributed by atoms with E-state index in [9.17, 15) is 0 Å². The predicted molar refractivity (Wildman–Crippen MR) is 114 cm³/mol. The number of likely N-dealkylation sites (tertiary alicyclic amines) is 1. The summed E-state index contributed by atoms with van der Waals surface area (Å²) in [5.74, 6) is 1.11. The highest BCUT2D eigenvalue weighted by Crippen LogP contribution is 2.17. The van der Waals surface area contributed by atoms with Gasteiger partial charge in [0.1, 0.15) is 0 Å². The molecule has 0 aromatic heterocycles. The number of rotatable bonds is 8. The van der Waals surface area contributed by atoms with E-state index in [1.807, 2.05) is 0 Å². The Balaban J connectivity index is 0.00000288. The van der Waals surface area contributed by atoms with Crippen molar-refractivity contribution in [2.24, 2.45) is 4.99 Å². The fourth-order valence-corrected chi connectivity index (χ4v) is 3.49. The molecule has 1 unspecified atom stereocenters. The van der Waals surface area contributed by atoms with Crippen LogP contribution in [0.3, 0.4) is 0 Å². The molecule has 1 N–H and O–H groups in total. The van der Waals surface area contributed by atoms with Crippen LogP contribution in [0.5, 0.6) is 0 Å². The van der Waals surface area contributed by atoms with Gasteiger partial charge < -0.3 is 15.1 Å². The number of hydrogen-bond acceptors (Lipinski definition) is 3. The molecule has 0 aromatic rings. The van der Waals surface area contributed by atoms with Crippen molar-refractivity contribution in [1.82, 2.24) is 20.0 Å². The standard InChI is InChI=1S/C18H35N5.HI/c1-4-11-21(6-3)15-10-20-18(19-5-2)23-14-9-17(16-23)22-12-7-8-13-22;/h7-8,17H,4-6,9-16H2,1-3H3,(H,19,20);1H. The summed E-state index contributed by atoms with van der Waals surface area (Å²) in [6, 6.07) is 0.682. The molecule has 1 fully saturated rings. The van der Waals surface area contributed by atoms with Gasteiger partial charge in [-0.05, 0) is 32.9 Å². The molecule has 0 aliphatic carbocycles. The second-order valence-corrected chi connectivity index (χ2v) is 6.48. The Morgan fingerprint density at radius 1 is 1.21 bits per heavy atom. The lowest BCUT2D eigenvalue weighted by atomic mass is 10.2. The van der Waals surface area contributed by atoms with Crippen molar-refractivity contribution >= 4 is 29.9 Å². The molecule has 0 saturated carbocycles. The second-order valence-electron chi connectivity index (χ2n) is 6.48. The van der Waals surface area contributed by atoms with E-state index < -0.39 is 0 Å². The van der Waals surface area contributed by atoms with Gasteiger partial charge in [0, 0.05) is 45.3 Å². The lowest BCUT2D eigenvalue weighted by Gasteiger charge is -2.26. The van der Waals surface area contributed by atoms with Crippen LogP contribution in [0.4, 0.5) is 0 Å². The van der Waals surface area contributed by atoms with Crippen LogP contribution in [0.2, 0.25) is 0 Å². The van der Waals surface area contributed by atoms with E-state index in [0.29, 0.717) is 6.04 Å². The second kappa shape index (κ2) is 12.1. The molecule has 0 amide bonds. The summed E-state index contributed by atoms with van der Waals surface area (Å²) in [7, 11) is 0. The van der Waals surface area contributed by atoms with Gasteiger partial charge in [0.15, 0.2) is 5.96 Å². The number of aliphatic imine (C=N–C) groups is 1. The molecule has 2 aliphatic rings. The smallest absolute Gasteiger partial charge is 0.194 e. The summed E-state index contributed by atoms with van der Waals surface area (Å²) < 4.78 is 0. The Hall–Kier alpha value is -0.340. The first-order valence-corrected chi connectivity index (χ1v) is 9.43. The zero-order valence-corrected chi connectivity index (χ0v) is 18.0. The molecule has 5 nitrogen and oxygen atoms in total. The van der Waals surface area contributed by atoms with Gasteiger partial charge in [-0.25, -0.2) is 0 Å². The van der Waals surface area contributed by atoms with Gasteiger partial charge >= 0.3 is 0 Å². The van der Waals surface area contributed by atoms with Crippen LogP contribution in [0.1, 0.15) is 33.6 Å². The molecule has 2 heterocycles. The van der Waals surface area contributed by atoms with E-state index in [4.69, 9.17) is 4.99 Å². The van der Waals surface area contributed by atoms with Crippen LogP contribution in [-0.2, 0) is 0 Å². The fraction of sp³-hybridized carbons (Fsp3) is 0.833. The topological polar surface area (TPSA) is 34.1 Å². The minimum atomic E-state index is 0. The van der Waals surface area contributed by atoms with Crippen LogP contribution in [-0.4, -0.2) is 85.6 Å². The molecule has 140 valence electrons. The van der Waals surface area contributed by atoms with Crippen molar-refractivity contribution in [2.45, 2.75) is 39.7 Å². The molecule has 1 atom stereocenters. The maximum atomic E-state index is 4.88. The molecular formula is C18H36IN5. The molecule has 0 bridgehead atoms.